The Morgan fingerprint density at radius 3 is 3.20 bits per heavy atom. The Morgan fingerprint density at radius 2 is 2.60 bits per heavy atom. The second kappa shape index (κ2) is 4.80. The summed E-state index contributed by atoms with van der Waals surface area (Å²) in [5.41, 5.74) is 0. The topological polar surface area (TPSA) is 58.1 Å². The first kappa shape index (κ1) is 10.7. The summed E-state index contributed by atoms with van der Waals surface area (Å²) in [6.07, 6.45) is 2.63. The van der Waals surface area contributed by atoms with E-state index in [1.807, 2.05) is 18.8 Å². The fourth-order valence-electron chi connectivity index (χ4n) is 1.41. The molecule has 2 heterocycles. The van der Waals surface area contributed by atoms with Crippen molar-refractivity contribution in [1.82, 2.24) is 14.5 Å². The van der Waals surface area contributed by atoms with Crippen LogP contribution < -0.4 is 5.32 Å². The van der Waals surface area contributed by atoms with E-state index in [-0.39, 0.29) is 6.03 Å². The summed E-state index contributed by atoms with van der Waals surface area (Å²) >= 11 is 3.08. The highest BCUT2D eigenvalue weighted by Gasteiger charge is 2.23. The Labute approximate surface area is 96.4 Å². The number of rotatable bonds is 2. The third-order valence-corrected chi connectivity index (χ3v) is 4.09. The van der Waals surface area contributed by atoms with Crippen molar-refractivity contribution in [3.8, 4) is 0 Å². The maximum absolute atomic E-state index is 11.8. The molecule has 1 N–H and O–H groups in total. The van der Waals surface area contributed by atoms with Gasteiger partial charge in [-0.1, -0.05) is 4.49 Å². The molecule has 0 unspecified atom stereocenters. The summed E-state index contributed by atoms with van der Waals surface area (Å²) in [6, 6.07) is 0.282. The van der Waals surface area contributed by atoms with Gasteiger partial charge in [-0.05, 0) is 12.2 Å². The molecular weight excluding hydrogens is 232 g/mol. The van der Waals surface area contributed by atoms with Gasteiger partial charge in [0.25, 0.3) is 0 Å². The number of anilines is 1. The van der Waals surface area contributed by atoms with Crippen LogP contribution >= 0.6 is 23.3 Å². The second-order valence-corrected chi connectivity index (χ2v) is 5.28. The lowest BCUT2D eigenvalue weighted by atomic mass is 10.2. The summed E-state index contributed by atoms with van der Waals surface area (Å²) < 4.78 is 3.69. The van der Waals surface area contributed by atoms with Crippen LogP contribution in [0.25, 0.3) is 0 Å². The van der Waals surface area contributed by atoms with Gasteiger partial charge in [0.15, 0.2) is 0 Å². The number of amides is 2. The Balaban J connectivity index is 1.89. The third kappa shape index (κ3) is 2.60. The first-order valence-electron chi connectivity index (χ1n) is 4.66. The summed E-state index contributed by atoms with van der Waals surface area (Å²) in [6.45, 7) is 0. The normalized spacial score (nSPS) is 20.2. The van der Waals surface area contributed by atoms with Gasteiger partial charge in [0.1, 0.15) is 5.00 Å². The molecule has 1 fully saturated rings. The van der Waals surface area contributed by atoms with Gasteiger partial charge in [-0.15, -0.1) is 5.10 Å². The Bertz CT molecular complexity index is 323. The van der Waals surface area contributed by atoms with Crippen molar-refractivity contribution in [3.05, 3.63) is 6.20 Å². The number of carbonyl (C=O) groups is 1. The minimum atomic E-state index is -0.0754. The maximum atomic E-state index is 11.8. The van der Waals surface area contributed by atoms with Crippen LogP contribution in [0.5, 0.6) is 0 Å². The van der Waals surface area contributed by atoms with Gasteiger partial charge < -0.3 is 4.90 Å². The smallest absolute Gasteiger partial charge is 0.322 e. The minimum Gasteiger partial charge on any atom is -0.324 e. The Kier molecular flexibility index (Phi) is 3.42. The van der Waals surface area contributed by atoms with E-state index in [0.29, 0.717) is 11.0 Å². The van der Waals surface area contributed by atoms with E-state index in [9.17, 15) is 4.79 Å². The summed E-state index contributed by atoms with van der Waals surface area (Å²) in [5.74, 6) is 2.18. The highest BCUT2D eigenvalue weighted by molar-refractivity contribution is 7.99. The number of nitrogens with zero attached hydrogens (tertiary/aromatic N) is 3. The Morgan fingerprint density at radius 1 is 1.73 bits per heavy atom. The number of nitrogens with one attached hydrogen (secondary N) is 1. The highest BCUT2D eigenvalue weighted by atomic mass is 32.2. The second-order valence-electron chi connectivity index (χ2n) is 3.34. The van der Waals surface area contributed by atoms with E-state index in [1.165, 1.54) is 11.5 Å². The van der Waals surface area contributed by atoms with Crippen molar-refractivity contribution in [3.63, 3.8) is 0 Å². The molecule has 0 spiro atoms. The molecular formula is C8H12N4OS2. The molecule has 1 aliphatic heterocycles. The van der Waals surface area contributed by atoms with Crippen LogP contribution in [-0.2, 0) is 0 Å². The maximum Gasteiger partial charge on any atom is 0.322 e. The SMILES string of the molecule is CN(C(=O)Nc1cnns1)[C@H]1CCSC1. The number of aromatic nitrogens is 2. The molecule has 0 aliphatic carbocycles. The van der Waals surface area contributed by atoms with Gasteiger partial charge in [0.05, 0.1) is 6.20 Å². The number of hydrogen-bond donors (Lipinski definition) is 1. The standard InChI is InChI=1S/C8H12N4OS2/c1-12(6-2-3-14-5-6)8(13)10-7-4-9-11-15-7/h4,6H,2-3,5H2,1H3,(H,10,13)/t6-/m0/s1. The third-order valence-electron chi connectivity index (χ3n) is 2.37. The lowest BCUT2D eigenvalue weighted by Gasteiger charge is -2.23. The molecule has 1 aromatic heterocycles. The first-order chi connectivity index (χ1) is 7.27. The summed E-state index contributed by atoms with van der Waals surface area (Å²) in [4.78, 5) is 13.5. The quantitative estimate of drug-likeness (QED) is 0.856. The van der Waals surface area contributed by atoms with Crippen molar-refractivity contribution in [2.45, 2.75) is 12.5 Å². The minimum absolute atomic E-state index is 0.0754. The first-order valence-corrected chi connectivity index (χ1v) is 6.59. The fraction of sp³-hybridized carbons (Fsp3) is 0.625. The molecule has 82 valence electrons. The van der Waals surface area contributed by atoms with Crippen molar-refractivity contribution in [1.29, 1.82) is 0 Å². The van der Waals surface area contributed by atoms with Gasteiger partial charge in [0, 0.05) is 30.4 Å². The Hall–Kier alpha value is -0.820. The zero-order valence-electron chi connectivity index (χ0n) is 8.34. The van der Waals surface area contributed by atoms with Crippen LogP contribution in [-0.4, -0.2) is 45.1 Å². The zero-order chi connectivity index (χ0) is 10.7. The largest absolute Gasteiger partial charge is 0.324 e. The molecule has 0 saturated carbocycles. The molecule has 1 aliphatic rings. The van der Waals surface area contributed by atoms with Crippen LogP contribution in [0, 0.1) is 0 Å². The van der Waals surface area contributed by atoms with Crippen LogP contribution in [0.15, 0.2) is 6.20 Å². The lowest BCUT2D eigenvalue weighted by Crippen LogP contribution is -2.39. The number of carbonyl (C=O) groups excluding carboxylic acids is 1. The number of thioether (sulfide) groups is 1. The van der Waals surface area contributed by atoms with E-state index >= 15 is 0 Å². The van der Waals surface area contributed by atoms with Gasteiger partial charge >= 0.3 is 6.03 Å². The molecule has 5 nitrogen and oxygen atoms in total. The predicted octanol–water partition coefficient (Wildman–Crippen LogP) is 1.51. The molecule has 1 saturated heterocycles. The van der Waals surface area contributed by atoms with E-state index in [0.717, 1.165) is 17.9 Å². The average molecular weight is 244 g/mol. The van der Waals surface area contributed by atoms with Crippen LogP contribution in [0.2, 0.25) is 0 Å². The van der Waals surface area contributed by atoms with Crippen molar-refractivity contribution < 1.29 is 4.79 Å². The highest BCUT2D eigenvalue weighted by Crippen LogP contribution is 2.22. The molecule has 15 heavy (non-hydrogen) atoms. The summed E-state index contributed by atoms with van der Waals surface area (Å²) in [7, 11) is 1.83. The van der Waals surface area contributed by atoms with Crippen LogP contribution in [0.3, 0.4) is 0 Å². The van der Waals surface area contributed by atoms with E-state index in [4.69, 9.17) is 0 Å². The monoisotopic (exact) mass is 244 g/mol. The van der Waals surface area contributed by atoms with E-state index in [1.54, 1.807) is 11.1 Å². The molecule has 2 amide bonds. The van der Waals surface area contributed by atoms with E-state index in [2.05, 4.69) is 14.9 Å². The van der Waals surface area contributed by atoms with Crippen molar-refractivity contribution >= 4 is 34.3 Å². The van der Waals surface area contributed by atoms with Gasteiger partial charge in [-0.3, -0.25) is 5.32 Å². The van der Waals surface area contributed by atoms with Gasteiger partial charge in [-0.2, -0.15) is 11.8 Å². The zero-order valence-corrected chi connectivity index (χ0v) is 9.98. The molecule has 1 aromatic rings. The summed E-state index contributed by atoms with van der Waals surface area (Å²) in [5, 5.41) is 7.13. The average Bonchev–Trinajstić information content (AvgIpc) is 2.88. The van der Waals surface area contributed by atoms with E-state index < -0.39 is 0 Å². The molecule has 0 aromatic carbocycles. The molecule has 0 bridgehead atoms. The molecule has 2 rings (SSSR count). The van der Waals surface area contributed by atoms with Gasteiger partial charge in [-0.25, -0.2) is 4.79 Å². The fourth-order valence-corrected chi connectivity index (χ4v) is 3.09. The van der Waals surface area contributed by atoms with Crippen LogP contribution in [0.1, 0.15) is 6.42 Å². The number of hydrogen-bond acceptors (Lipinski definition) is 5. The molecule has 1 atom stereocenters. The molecule has 7 heteroatoms. The predicted molar refractivity (Wildman–Crippen MR) is 62.4 cm³/mol. The lowest BCUT2D eigenvalue weighted by molar-refractivity contribution is 0.209. The molecule has 0 radical (unpaired) electrons. The number of urea groups is 1. The van der Waals surface area contributed by atoms with Gasteiger partial charge in [0.2, 0.25) is 0 Å². The van der Waals surface area contributed by atoms with Crippen molar-refractivity contribution in [2.75, 3.05) is 23.9 Å². The van der Waals surface area contributed by atoms with Crippen molar-refractivity contribution in [2.24, 2.45) is 0 Å². The van der Waals surface area contributed by atoms with Crippen LogP contribution in [0.4, 0.5) is 9.80 Å².